The molecule has 1 heterocycles. The van der Waals surface area contributed by atoms with Crippen molar-refractivity contribution in [3.8, 4) is 11.4 Å². The summed E-state index contributed by atoms with van der Waals surface area (Å²) in [5.41, 5.74) is 3.89. The Morgan fingerprint density at radius 3 is 2.57 bits per heavy atom. The zero-order chi connectivity index (χ0) is 20.1. The van der Waals surface area contributed by atoms with Crippen LogP contribution in [0, 0.1) is 12.7 Å². The Morgan fingerprint density at radius 2 is 1.86 bits per heavy atom. The van der Waals surface area contributed by atoms with Crippen LogP contribution in [0.3, 0.4) is 0 Å². The first-order chi connectivity index (χ1) is 13.5. The summed E-state index contributed by atoms with van der Waals surface area (Å²) in [5.74, 6) is -1.11. The van der Waals surface area contributed by atoms with E-state index in [0.29, 0.717) is 11.3 Å². The third-order valence-electron chi connectivity index (χ3n) is 4.12. The Morgan fingerprint density at radius 1 is 1.18 bits per heavy atom. The zero-order valence-corrected chi connectivity index (χ0v) is 15.4. The first kappa shape index (κ1) is 19.1. The summed E-state index contributed by atoms with van der Waals surface area (Å²) in [6.07, 6.45) is 1.39. The number of carbonyl (C=O) groups excluding carboxylic acids is 1. The fourth-order valence-electron chi connectivity index (χ4n) is 2.70. The number of nitrogens with zero attached hydrogens (tertiary/aromatic N) is 3. The number of amides is 1. The number of benzene rings is 2. The van der Waals surface area contributed by atoms with E-state index >= 15 is 0 Å². The highest BCUT2D eigenvalue weighted by Gasteiger charge is 2.14. The lowest BCUT2D eigenvalue weighted by molar-refractivity contribution is -0.123. The molecule has 0 bridgehead atoms. The fraction of sp³-hybridized carbons (Fsp3) is 0.150. The summed E-state index contributed by atoms with van der Waals surface area (Å²) in [7, 11) is 1.73. The highest BCUT2D eigenvalue weighted by atomic mass is 19.1. The number of halogens is 1. The number of aromatic nitrogens is 2. The summed E-state index contributed by atoms with van der Waals surface area (Å²) in [6.45, 7) is 1.30. The average molecular weight is 382 g/mol. The van der Waals surface area contributed by atoms with E-state index in [1.165, 1.54) is 29.1 Å². The smallest absolute Gasteiger partial charge is 0.277 e. The lowest BCUT2D eigenvalue weighted by Crippen LogP contribution is -2.25. The van der Waals surface area contributed by atoms with Crippen molar-refractivity contribution < 1.29 is 13.9 Å². The molecule has 7 nitrogen and oxygen atoms in total. The van der Waals surface area contributed by atoms with Crippen LogP contribution in [-0.2, 0) is 11.8 Å². The monoisotopic (exact) mass is 382 g/mol. The molecule has 28 heavy (non-hydrogen) atoms. The molecule has 1 amide bonds. The summed E-state index contributed by atoms with van der Waals surface area (Å²) in [6, 6.07) is 15.0. The van der Waals surface area contributed by atoms with E-state index in [0.717, 1.165) is 5.69 Å². The van der Waals surface area contributed by atoms with Gasteiger partial charge in [0.15, 0.2) is 18.2 Å². The molecule has 144 valence electrons. The second kappa shape index (κ2) is 8.34. The summed E-state index contributed by atoms with van der Waals surface area (Å²) >= 11 is 0. The summed E-state index contributed by atoms with van der Waals surface area (Å²) in [5, 5.41) is 3.87. The molecule has 0 radical (unpaired) electrons. The maximum Gasteiger partial charge on any atom is 0.277 e. The van der Waals surface area contributed by atoms with Gasteiger partial charge in [0.25, 0.3) is 11.5 Å². The number of rotatable bonds is 6. The van der Waals surface area contributed by atoms with Crippen LogP contribution < -0.4 is 15.7 Å². The molecule has 3 aromatic rings. The lowest BCUT2D eigenvalue weighted by Gasteiger charge is -2.08. The number of hydrogen-bond acceptors (Lipinski definition) is 4. The van der Waals surface area contributed by atoms with Gasteiger partial charge in [0.1, 0.15) is 0 Å². The highest BCUT2D eigenvalue weighted by molar-refractivity contribution is 5.82. The van der Waals surface area contributed by atoms with Gasteiger partial charge in [-0.25, -0.2) is 14.5 Å². The van der Waals surface area contributed by atoms with Crippen LogP contribution in [0.5, 0.6) is 5.75 Å². The predicted molar refractivity (Wildman–Crippen MR) is 103 cm³/mol. The van der Waals surface area contributed by atoms with E-state index in [1.54, 1.807) is 24.7 Å². The second-order valence-corrected chi connectivity index (χ2v) is 6.00. The quantitative estimate of drug-likeness (QED) is 0.524. The second-order valence-electron chi connectivity index (χ2n) is 6.00. The predicted octanol–water partition coefficient (Wildman–Crippen LogP) is 2.15. The molecule has 2 aromatic carbocycles. The van der Waals surface area contributed by atoms with E-state index in [2.05, 4.69) is 10.5 Å². The summed E-state index contributed by atoms with van der Waals surface area (Å²) in [4.78, 5) is 24.4. The molecule has 0 unspecified atom stereocenters. The van der Waals surface area contributed by atoms with E-state index < -0.39 is 11.7 Å². The minimum atomic E-state index is -0.551. The van der Waals surface area contributed by atoms with Crippen molar-refractivity contribution in [2.45, 2.75) is 6.92 Å². The van der Waals surface area contributed by atoms with Crippen LogP contribution in [0.25, 0.3) is 5.69 Å². The molecule has 1 aromatic heterocycles. The van der Waals surface area contributed by atoms with E-state index in [-0.39, 0.29) is 17.9 Å². The number of para-hydroxylation sites is 2. The first-order valence-electron chi connectivity index (χ1n) is 8.52. The van der Waals surface area contributed by atoms with Crippen molar-refractivity contribution in [1.29, 1.82) is 0 Å². The maximum absolute atomic E-state index is 13.5. The molecule has 0 saturated heterocycles. The van der Waals surface area contributed by atoms with Gasteiger partial charge in [-0.3, -0.25) is 14.3 Å². The van der Waals surface area contributed by atoms with Crippen molar-refractivity contribution in [1.82, 2.24) is 14.8 Å². The van der Waals surface area contributed by atoms with Crippen molar-refractivity contribution in [2.75, 3.05) is 6.61 Å². The maximum atomic E-state index is 13.5. The number of ether oxygens (including phenoxy) is 1. The van der Waals surface area contributed by atoms with E-state index in [4.69, 9.17) is 4.74 Å². The fourth-order valence-corrected chi connectivity index (χ4v) is 2.70. The van der Waals surface area contributed by atoms with E-state index in [1.807, 2.05) is 30.3 Å². The molecule has 0 fully saturated rings. The third kappa shape index (κ3) is 4.01. The molecule has 0 atom stereocenters. The van der Waals surface area contributed by atoms with Gasteiger partial charge in [-0.2, -0.15) is 5.10 Å². The average Bonchev–Trinajstić information content (AvgIpc) is 2.91. The van der Waals surface area contributed by atoms with E-state index in [9.17, 15) is 14.0 Å². The molecule has 0 aliphatic carbocycles. The van der Waals surface area contributed by atoms with Crippen LogP contribution in [-0.4, -0.2) is 28.1 Å². The first-order valence-corrected chi connectivity index (χ1v) is 8.52. The van der Waals surface area contributed by atoms with Crippen molar-refractivity contribution in [3.63, 3.8) is 0 Å². The Kier molecular flexibility index (Phi) is 5.69. The van der Waals surface area contributed by atoms with Gasteiger partial charge >= 0.3 is 0 Å². The number of nitrogens with one attached hydrogen (secondary N) is 1. The third-order valence-corrected chi connectivity index (χ3v) is 4.12. The Labute approximate surface area is 160 Å². The number of hydrogen-bond donors (Lipinski definition) is 1. The van der Waals surface area contributed by atoms with Gasteiger partial charge in [0, 0.05) is 12.6 Å². The van der Waals surface area contributed by atoms with Crippen molar-refractivity contribution >= 4 is 12.1 Å². The van der Waals surface area contributed by atoms with Gasteiger partial charge in [0.2, 0.25) is 0 Å². The zero-order valence-electron chi connectivity index (χ0n) is 15.4. The van der Waals surface area contributed by atoms with Crippen molar-refractivity contribution in [3.05, 3.63) is 82.0 Å². The lowest BCUT2D eigenvalue weighted by atomic mass is 10.3. The Hall–Kier alpha value is -3.68. The summed E-state index contributed by atoms with van der Waals surface area (Å²) < 4.78 is 21.7. The molecule has 0 aliphatic heterocycles. The normalized spacial score (nSPS) is 11.0. The molecule has 8 heteroatoms. The Balaban J connectivity index is 1.69. The van der Waals surface area contributed by atoms with Gasteiger partial charge in [-0.05, 0) is 31.2 Å². The minimum absolute atomic E-state index is 0.0141. The van der Waals surface area contributed by atoms with Crippen molar-refractivity contribution in [2.24, 2.45) is 12.1 Å². The molecular formula is C20H19FN4O3. The largest absolute Gasteiger partial charge is 0.481 e. The van der Waals surface area contributed by atoms with Crippen LogP contribution in [0.15, 0.2) is 64.5 Å². The van der Waals surface area contributed by atoms with Gasteiger partial charge in [0.05, 0.1) is 17.6 Å². The molecule has 3 rings (SSSR count). The number of hydrazone groups is 1. The SMILES string of the molecule is Cc1c(/C=N\NC(=O)COc2ccccc2F)n(C)n(-c2ccccc2)c1=O. The molecule has 0 aliphatic rings. The van der Waals surface area contributed by atoms with Gasteiger partial charge < -0.3 is 4.74 Å². The Bertz CT molecular complexity index is 1070. The van der Waals surface area contributed by atoms with Crippen LogP contribution in [0.2, 0.25) is 0 Å². The van der Waals surface area contributed by atoms with Gasteiger partial charge in [-0.1, -0.05) is 30.3 Å². The van der Waals surface area contributed by atoms with Crippen LogP contribution >= 0.6 is 0 Å². The molecule has 1 N–H and O–H groups in total. The van der Waals surface area contributed by atoms with Crippen LogP contribution in [0.1, 0.15) is 11.3 Å². The highest BCUT2D eigenvalue weighted by Crippen LogP contribution is 2.14. The topological polar surface area (TPSA) is 77.6 Å². The van der Waals surface area contributed by atoms with Gasteiger partial charge in [-0.15, -0.1) is 0 Å². The molecule has 0 saturated carbocycles. The molecular weight excluding hydrogens is 363 g/mol. The molecule has 0 spiro atoms. The van der Waals surface area contributed by atoms with Crippen LogP contribution in [0.4, 0.5) is 4.39 Å². The number of carbonyl (C=O) groups is 1. The standard InChI is InChI=1S/C20H19FN4O3/c1-14-17(24(2)25(20(14)27)15-8-4-3-5-9-15)12-22-23-19(26)13-28-18-11-7-6-10-16(18)21/h3-12H,13H2,1-2H3,(H,23,26)/b22-12-. The minimum Gasteiger partial charge on any atom is -0.481 e.